The third-order valence-electron chi connectivity index (χ3n) is 5.44. The van der Waals surface area contributed by atoms with Crippen molar-refractivity contribution >= 4 is 57.2 Å². The van der Waals surface area contributed by atoms with Gasteiger partial charge < -0.3 is 16.0 Å². The summed E-state index contributed by atoms with van der Waals surface area (Å²) in [6.07, 6.45) is 1.69. The summed E-state index contributed by atoms with van der Waals surface area (Å²) in [5, 5.41) is 9.48. The molecule has 2 aromatic carbocycles. The molecule has 34 heavy (non-hydrogen) atoms. The lowest BCUT2D eigenvalue weighted by Gasteiger charge is -2.11. The molecular formula is C25H23N7OS. The van der Waals surface area contributed by atoms with Gasteiger partial charge in [-0.1, -0.05) is 30.3 Å². The van der Waals surface area contributed by atoms with Crippen LogP contribution in [0.15, 0.2) is 71.1 Å². The number of carbonyl (C=O) groups excluding carboxylic acids is 1. The van der Waals surface area contributed by atoms with Crippen LogP contribution < -0.4 is 16.0 Å². The summed E-state index contributed by atoms with van der Waals surface area (Å²) in [5.74, 6) is -0.125. The molecule has 0 radical (unpaired) electrons. The van der Waals surface area contributed by atoms with Crippen LogP contribution in [-0.2, 0) is 6.54 Å². The highest BCUT2D eigenvalue weighted by molar-refractivity contribution is 7.09. The Bertz CT molecular complexity index is 1500. The van der Waals surface area contributed by atoms with Gasteiger partial charge in [-0.2, -0.15) is 9.78 Å². The second-order valence-electron chi connectivity index (χ2n) is 7.95. The number of nitrogens with two attached hydrogens (primary N) is 1. The number of fused-ring (bicyclic) bond motifs is 2. The Morgan fingerprint density at radius 3 is 2.50 bits per heavy atom. The van der Waals surface area contributed by atoms with Crippen LogP contribution in [0.3, 0.4) is 0 Å². The van der Waals surface area contributed by atoms with E-state index in [2.05, 4.69) is 10.4 Å². The number of nitrogens with zero attached hydrogens (tertiary/aromatic N) is 5. The quantitative estimate of drug-likeness (QED) is 0.365. The topological polar surface area (TPSA) is 101 Å². The SMILES string of the molecule is CN(C)c1ccc(/C=N\n2c(N)c(C(=O)NCc3cccs3)c3nc4ccccc4nc32)cc1. The van der Waals surface area contributed by atoms with E-state index in [9.17, 15) is 4.79 Å². The van der Waals surface area contributed by atoms with E-state index in [1.54, 1.807) is 17.6 Å². The summed E-state index contributed by atoms with van der Waals surface area (Å²) in [4.78, 5) is 25.7. The number of amides is 1. The Hall–Kier alpha value is -4.24. The lowest BCUT2D eigenvalue weighted by molar-refractivity contribution is 0.0953. The monoisotopic (exact) mass is 469 g/mol. The minimum absolute atomic E-state index is 0.190. The van der Waals surface area contributed by atoms with Gasteiger partial charge in [-0.15, -0.1) is 11.3 Å². The van der Waals surface area contributed by atoms with Crippen molar-refractivity contribution in [2.24, 2.45) is 5.10 Å². The molecule has 1 amide bonds. The zero-order chi connectivity index (χ0) is 23.7. The molecule has 0 aliphatic rings. The maximum absolute atomic E-state index is 13.2. The van der Waals surface area contributed by atoms with Gasteiger partial charge in [-0.3, -0.25) is 4.79 Å². The Morgan fingerprint density at radius 1 is 1.09 bits per heavy atom. The first kappa shape index (κ1) is 21.6. The van der Waals surface area contributed by atoms with E-state index in [1.807, 2.05) is 85.0 Å². The molecule has 0 aliphatic carbocycles. The Morgan fingerprint density at radius 2 is 1.82 bits per heavy atom. The highest BCUT2D eigenvalue weighted by atomic mass is 32.1. The van der Waals surface area contributed by atoms with Gasteiger partial charge in [-0.05, 0) is 41.3 Å². The van der Waals surface area contributed by atoms with Crippen LogP contribution in [0.25, 0.3) is 22.2 Å². The fourth-order valence-electron chi connectivity index (χ4n) is 3.64. The van der Waals surface area contributed by atoms with E-state index in [4.69, 9.17) is 15.7 Å². The van der Waals surface area contributed by atoms with Crippen LogP contribution in [0.1, 0.15) is 20.8 Å². The van der Waals surface area contributed by atoms with Crippen molar-refractivity contribution in [3.63, 3.8) is 0 Å². The average molecular weight is 470 g/mol. The molecule has 0 aliphatic heterocycles. The highest BCUT2D eigenvalue weighted by Gasteiger charge is 2.24. The molecule has 170 valence electrons. The summed E-state index contributed by atoms with van der Waals surface area (Å²) in [6, 6.07) is 19.4. The number of anilines is 2. The second kappa shape index (κ2) is 8.95. The highest BCUT2D eigenvalue weighted by Crippen LogP contribution is 2.28. The van der Waals surface area contributed by atoms with Crippen LogP contribution >= 0.6 is 11.3 Å². The van der Waals surface area contributed by atoms with Gasteiger partial charge in [0, 0.05) is 24.7 Å². The summed E-state index contributed by atoms with van der Waals surface area (Å²) in [5.41, 5.74) is 10.9. The second-order valence-corrected chi connectivity index (χ2v) is 8.98. The summed E-state index contributed by atoms with van der Waals surface area (Å²) in [6.45, 7) is 0.408. The summed E-state index contributed by atoms with van der Waals surface area (Å²) >= 11 is 1.58. The van der Waals surface area contributed by atoms with Crippen molar-refractivity contribution in [3.8, 4) is 0 Å². The maximum atomic E-state index is 13.2. The Kier molecular flexibility index (Phi) is 5.69. The van der Waals surface area contributed by atoms with E-state index >= 15 is 0 Å². The first-order valence-electron chi connectivity index (χ1n) is 10.7. The molecular weight excluding hydrogens is 446 g/mol. The van der Waals surface area contributed by atoms with Gasteiger partial charge in [0.05, 0.1) is 23.8 Å². The number of hydrogen-bond acceptors (Lipinski definition) is 7. The molecule has 3 heterocycles. The van der Waals surface area contributed by atoms with Crippen molar-refractivity contribution in [1.82, 2.24) is 20.0 Å². The fraction of sp³-hybridized carbons (Fsp3) is 0.120. The van der Waals surface area contributed by atoms with Crippen LogP contribution in [0, 0.1) is 0 Å². The minimum atomic E-state index is -0.315. The molecule has 5 aromatic rings. The van der Waals surface area contributed by atoms with E-state index < -0.39 is 0 Å². The van der Waals surface area contributed by atoms with E-state index in [-0.39, 0.29) is 17.3 Å². The smallest absolute Gasteiger partial charge is 0.257 e. The molecule has 0 unspecified atom stereocenters. The molecule has 0 saturated carbocycles. The molecule has 3 N–H and O–H groups in total. The van der Waals surface area contributed by atoms with Crippen LogP contribution in [0.2, 0.25) is 0 Å². The maximum Gasteiger partial charge on any atom is 0.257 e. The third kappa shape index (κ3) is 4.08. The molecule has 0 bridgehead atoms. The van der Waals surface area contributed by atoms with Gasteiger partial charge in [-0.25, -0.2) is 9.97 Å². The summed E-state index contributed by atoms with van der Waals surface area (Å²) in [7, 11) is 3.98. The number of nitrogen functional groups attached to an aromatic ring is 1. The van der Waals surface area contributed by atoms with Crippen molar-refractivity contribution in [1.29, 1.82) is 0 Å². The van der Waals surface area contributed by atoms with Crippen molar-refractivity contribution < 1.29 is 4.79 Å². The standard InChI is InChI=1S/C25H23N7OS/c1-31(2)17-11-9-16(10-12-17)14-28-32-23(26)21(25(33)27-15-18-6-5-13-34-18)22-24(32)30-20-8-4-3-7-19(20)29-22/h3-14H,15,26H2,1-2H3,(H,27,33)/b28-14-. The minimum Gasteiger partial charge on any atom is -0.383 e. The molecule has 9 heteroatoms. The van der Waals surface area contributed by atoms with Gasteiger partial charge in [0.1, 0.15) is 16.9 Å². The predicted molar refractivity (Wildman–Crippen MR) is 139 cm³/mol. The van der Waals surface area contributed by atoms with E-state index in [0.29, 0.717) is 28.7 Å². The molecule has 0 spiro atoms. The lowest BCUT2D eigenvalue weighted by atomic mass is 10.2. The number of aromatic nitrogens is 3. The van der Waals surface area contributed by atoms with Gasteiger partial charge >= 0.3 is 0 Å². The largest absolute Gasteiger partial charge is 0.383 e. The van der Waals surface area contributed by atoms with Crippen LogP contribution in [-0.4, -0.2) is 40.9 Å². The molecule has 0 atom stereocenters. The number of para-hydroxylation sites is 2. The molecule has 5 rings (SSSR count). The average Bonchev–Trinajstić information content (AvgIpc) is 3.45. The van der Waals surface area contributed by atoms with Crippen molar-refractivity contribution in [2.75, 3.05) is 24.7 Å². The molecule has 8 nitrogen and oxygen atoms in total. The van der Waals surface area contributed by atoms with Crippen LogP contribution in [0.4, 0.5) is 11.5 Å². The van der Waals surface area contributed by atoms with Crippen molar-refractivity contribution in [3.05, 3.63) is 82.0 Å². The first-order valence-corrected chi connectivity index (χ1v) is 11.6. The zero-order valence-electron chi connectivity index (χ0n) is 18.8. The zero-order valence-corrected chi connectivity index (χ0v) is 19.6. The third-order valence-corrected chi connectivity index (χ3v) is 6.31. The Labute approximate surface area is 200 Å². The normalized spacial score (nSPS) is 11.5. The molecule has 0 saturated heterocycles. The number of carbonyl (C=O) groups is 1. The summed E-state index contributed by atoms with van der Waals surface area (Å²) < 4.78 is 1.48. The number of nitrogens with one attached hydrogen (secondary N) is 1. The fourth-order valence-corrected chi connectivity index (χ4v) is 4.28. The Balaban J connectivity index is 1.58. The first-order chi connectivity index (χ1) is 16.5. The van der Waals surface area contributed by atoms with E-state index in [1.165, 1.54) is 4.68 Å². The predicted octanol–water partition coefficient (Wildman–Crippen LogP) is 4.11. The molecule has 3 aromatic heterocycles. The lowest BCUT2D eigenvalue weighted by Crippen LogP contribution is -2.23. The number of benzene rings is 2. The molecule has 0 fully saturated rings. The van der Waals surface area contributed by atoms with Gasteiger partial charge in [0.2, 0.25) is 0 Å². The number of hydrogen-bond donors (Lipinski definition) is 2. The van der Waals surface area contributed by atoms with Crippen LogP contribution in [0.5, 0.6) is 0 Å². The number of rotatable bonds is 6. The van der Waals surface area contributed by atoms with Gasteiger partial charge in [0.25, 0.3) is 5.91 Å². The van der Waals surface area contributed by atoms with Gasteiger partial charge in [0.15, 0.2) is 5.65 Å². The number of thiophene rings is 1. The van der Waals surface area contributed by atoms with Crippen molar-refractivity contribution in [2.45, 2.75) is 6.54 Å². The van der Waals surface area contributed by atoms with E-state index in [0.717, 1.165) is 16.1 Å².